The van der Waals surface area contributed by atoms with Crippen LogP contribution in [-0.4, -0.2) is 49.0 Å². The Morgan fingerprint density at radius 3 is 2.62 bits per heavy atom. The number of aliphatic hydroxyl groups excluding tert-OH is 1. The van der Waals surface area contributed by atoms with Crippen molar-refractivity contribution in [3.05, 3.63) is 0 Å². The zero-order valence-corrected chi connectivity index (χ0v) is 10.3. The lowest BCUT2D eigenvalue weighted by atomic mass is 10.1. The molecular weight excluding hydrogens is 234 g/mol. The molecule has 0 fully saturated rings. The van der Waals surface area contributed by atoms with Crippen LogP contribution in [0.2, 0.25) is 0 Å². The number of nitrogens with one attached hydrogen (secondary N) is 2. The van der Waals surface area contributed by atoms with Gasteiger partial charge in [0.05, 0.1) is 22.8 Å². The molecule has 0 aliphatic carbocycles. The number of aliphatic hydroxyl groups is 1. The van der Waals surface area contributed by atoms with Gasteiger partial charge in [-0.15, -0.1) is 0 Å². The van der Waals surface area contributed by atoms with Gasteiger partial charge in [-0.1, -0.05) is 6.92 Å². The van der Waals surface area contributed by atoms with E-state index in [0.29, 0.717) is 12.2 Å². The first kappa shape index (κ1) is 15.1. The van der Waals surface area contributed by atoms with Crippen molar-refractivity contribution >= 4 is 16.1 Å². The molecule has 0 bridgehead atoms. The molecule has 1 heterocycles. The molecule has 0 radical (unpaired) electrons. The molecule has 0 amide bonds. The Kier molecular flexibility index (Phi) is 6.31. The molecule has 0 aromatic rings. The standard InChI is InChI=1S/C7H15N3O.CH4O3S/c1-2-6(11)5-3-4-9-7(8)10-5;1-5(2,3)4/h5-6,11H,2-4H2,1H3,(H3,8,9,10);1H3,(H,2,3,4)/t5-,6+;/m1./s1. The van der Waals surface area contributed by atoms with Crippen LogP contribution in [0, 0.1) is 0 Å². The van der Waals surface area contributed by atoms with Gasteiger partial charge in [0.15, 0.2) is 0 Å². The molecule has 0 spiro atoms. The van der Waals surface area contributed by atoms with E-state index >= 15 is 0 Å². The summed E-state index contributed by atoms with van der Waals surface area (Å²) in [6.07, 6.45) is 2.02. The van der Waals surface area contributed by atoms with E-state index in [1.54, 1.807) is 0 Å². The van der Waals surface area contributed by atoms with Crippen LogP contribution < -0.4 is 16.0 Å². The fourth-order valence-electron chi connectivity index (χ4n) is 1.26. The molecule has 1 rings (SSSR count). The predicted molar refractivity (Wildman–Crippen MR) is 58.5 cm³/mol. The molecule has 2 atom stereocenters. The quantitative estimate of drug-likeness (QED) is 0.381. The SMILES string of the molecule is CC[C@H](O)[C@H]1CCNC(N)=[NH+]1.CS(=O)(=O)[O-]. The van der Waals surface area contributed by atoms with Crippen molar-refractivity contribution in [3.8, 4) is 0 Å². The van der Waals surface area contributed by atoms with Crippen molar-refractivity contribution in [1.82, 2.24) is 5.32 Å². The van der Waals surface area contributed by atoms with Crippen LogP contribution in [0.15, 0.2) is 0 Å². The third-order valence-electron chi connectivity index (χ3n) is 1.99. The van der Waals surface area contributed by atoms with E-state index in [0.717, 1.165) is 19.4 Å². The minimum absolute atomic E-state index is 0.126. The maximum Gasteiger partial charge on any atom is 0.341 e. The Hall–Kier alpha value is -0.860. The molecule has 0 aromatic heterocycles. The summed E-state index contributed by atoms with van der Waals surface area (Å²) in [5, 5.41) is 12.4. The van der Waals surface area contributed by atoms with Gasteiger partial charge in [-0.2, -0.15) is 0 Å². The average molecular weight is 253 g/mol. The Morgan fingerprint density at radius 2 is 2.25 bits per heavy atom. The van der Waals surface area contributed by atoms with Crippen molar-refractivity contribution < 1.29 is 23.1 Å². The molecule has 1 aliphatic rings. The van der Waals surface area contributed by atoms with E-state index in [4.69, 9.17) is 18.7 Å². The van der Waals surface area contributed by atoms with E-state index in [1.807, 2.05) is 6.92 Å². The van der Waals surface area contributed by atoms with E-state index < -0.39 is 10.1 Å². The zero-order chi connectivity index (χ0) is 12.8. The van der Waals surface area contributed by atoms with E-state index in [1.165, 1.54) is 0 Å². The minimum Gasteiger partial charge on any atom is -0.748 e. The van der Waals surface area contributed by atoms with Crippen molar-refractivity contribution in [2.24, 2.45) is 5.73 Å². The largest absolute Gasteiger partial charge is 0.748 e. The summed E-state index contributed by atoms with van der Waals surface area (Å²) >= 11 is 0. The summed E-state index contributed by atoms with van der Waals surface area (Å²) in [6.45, 7) is 2.81. The van der Waals surface area contributed by atoms with Crippen molar-refractivity contribution in [3.63, 3.8) is 0 Å². The Balaban J connectivity index is 0.000000385. The van der Waals surface area contributed by atoms with Gasteiger partial charge in [-0.25, -0.2) is 8.42 Å². The number of rotatable bonds is 2. The van der Waals surface area contributed by atoms with Crippen molar-refractivity contribution in [2.45, 2.75) is 31.9 Å². The molecule has 0 unspecified atom stereocenters. The van der Waals surface area contributed by atoms with Crippen LogP contribution in [0.3, 0.4) is 0 Å². The first-order valence-electron chi connectivity index (χ1n) is 4.95. The number of guanidine groups is 1. The van der Waals surface area contributed by atoms with E-state index in [9.17, 15) is 5.11 Å². The molecule has 8 heteroatoms. The molecule has 7 nitrogen and oxygen atoms in total. The van der Waals surface area contributed by atoms with Gasteiger partial charge in [-0.05, 0) is 6.42 Å². The lowest BCUT2D eigenvalue weighted by molar-refractivity contribution is -0.524. The highest BCUT2D eigenvalue weighted by Gasteiger charge is 2.22. The van der Waals surface area contributed by atoms with Gasteiger partial charge in [0.2, 0.25) is 0 Å². The molecule has 96 valence electrons. The van der Waals surface area contributed by atoms with Gasteiger partial charge in [0.25, 0.3) is 0 Å². The maximum absolute atomic E-state index is 9.44. The summed E-state index contributed by atoms with van der Waals surface area (Å²) in [6, 6.07) is 0.126. The second-order valence-corrected chi connectivity index (χ2v) is 4.97. The molecule has 5 N–H and O–H groups in total. The lowest BCUT2D eigenvalue weighted by Gasteiger charge is -2.20. The van der Waals surface area contributed by atoms with Crippen LogP contribution in [0.5, 0.6) is 0 Å². The first-order chi connectivity index (χ1) is 7.24. The highest BCUT2D eigenvalue weighted by molar-refractivity contribution is 7.84. The first-order valence-corrected chi connectivity index (χ1v) is 6.77. The third-order valence-corrected chi connectivity index (χ3v) is 1.99. The van der Waals surface area contributed by atoms with Crippen LogP contribution >= 0.6 is 0 Å². The number of hydrogen-bond donors (Lipinski definition) is 4. The lowest BCUT2D eigenvalue weighted by Crippen LogP contribution is -2.89. The van der Waals surface area contributed by atoms with Crippen LogP contribution in [0.25, 0.3) is 0 Å². The number of nitrogens with two attached hydrogens (primary N) is 1. The Bertz CT molecular complexity index is 320. The van der Waals surface area contributed by atoms with Crippen molar-refractivity contribution in [2.75, 3.05) is 12.8 Å². The van der Waals surface area contributed by atoms with Gasteiger partial charge in [-0.3, -0.25) is 16.0 Å². The summed E-state index contributed by atoms with van der Waals surface area (Å²) in [7, 11) is -3.92. The van der Waals surface area contributed by atoms with Gasteiger partial charge in [0, 0.05) is 12.7 Å². The maximum atomic E-state index is 9.44. The topological polar surface area (TPSA) is 129 Å². The third kappa shape index (κ3) is 8.45. The summed E-state index contributed by atoms with van der Waals surface area (Å²) < 4.78 is 27.2. The normalized spacial score (nSPS) is 22.2. The smallest absolute Gasteiger partial charge is 0.341 e. The highest BCUT2D eigenvalue weighted by atomic mass is 32.2. The second-order valence-electron chi connectivity index (χ2n) is 3.56. The predicted octanol–water partition coefficient (Wildman–Crippen LogP) is -3.32. The fourth-order valence-corrected chi connectivity index (χ4v) is 1.26. The van der Waals surface area contributed by atoms with Crippen LogP contribution in [0.4, 0.5) is 0 Å². The summed E-state index contributed by atoms with van der Waals surface area (Å²) in [5.74, 6) is 0.578. The van der Waals surface area contributed by atoms with Crippen LogP contribution in [0.1, 0.15) is 19.8 Å². The molecule has 0 saturated carbocycles. The second kappa shape index (κ2) is 6.66. The summed E-state index contributed by atoms with van der Waals surface area (Å²) in [4.78, 5) is 3.00. The minimum atomic E-state index is -3.92. The van der Waals surface area contributed by atoms with Gasteiger partial charge >= 0.3 is 5.96 Å². The van der Waals surface area contributed by atoms with Crippen LogP contribution in [-0.2, 0) is 10.1 Å². The number of hydrogen-bond acceptors (Lipinski definition) is 6. The molecule has 16 heavy (non-hydrogen) atoms. The highest BCUT2D eigenvalue weighted by Crippen LogP contribution is 1.98. The van der Waals surface area contributed by atoms with E-state index in [-0.39, 0.29) is 12.1 Å². The summed E-state index contributed by atoms with van der Waals surface area (Å²) in [5.41, 5.74) is 5.50. The average Bonchev–Trinajstić information content (AvgIpc) is 2.14. The molecular formula is C8H19N3O4S. The Labute approximate surface area is 95.5 Å². The monoisotopic (exact) mass is 253 g/mol. The van der Waals surface area contributed by atoms with Gasteiger partial charge in [0.1, 0.15) is 6.04 Å². The van der Waals surface area contributed by atoms with E-state index in [2.05, 4.69) is 10.3 Å². The molecule has 0 aromatic carbocycles. The molecule has 1 aliphatic heterocycles. The molecule has 0 saturated heterocycles. The van der Waals surface area contributed by atoms with Gasteiger partial charge < -0.3 is 9.66 Å². The van der Waals surface area contributed by atoms with Crippen molar-refractivity contribution in [1.29, 1.82) is 0 Å². The zero-order valence-electron chi connectivity index (χ0n) is 9.43. The fraction of sp³-hybridized carbons (Fsp3) is 0.875. The Morgan fingerprint density at radius 1 is 1.75 bits per heavy atom.